The van der Waals surface area contributed by atoms with E-state index in [0.717, 1.165) is 36.1 Å². The molecule has 1 aliphatic carbocycles. The van der Waals surface area contributed by atoms with Crippen LogP contribution in [0.1, 0.15) is 31.2 Å². The molecule has 148 valence electrons. The maximum atomic E-state index is 5.97. The Kier molecular flexibility index (Phi) is 11.5. The molecular weight excluding hydrogens is 465 g/mol. The van der Waals surface area contributed by atoms with Gasteiger partial charge in [0.05, 0.1) is 13.2 Å². The highest BCUT2D eigenvalue weighted by Crippen LogP contribution is 2.43. The summed E-state index contributed by atoms with van der Waals surface area (Å²) in [7, 11) is 3.56. The van der Waals surface area contributed by atoms with Crippen LogP contribution in [0.25, 0.3) is 0 Å². The fourth-order valence-electron chi connectivity index (χ4n) is 3.06. The Bertz CT molecular complexity index is 553. The number of nitrogens with one attached hydrogen (secondary N) is 2. The standard InChI is InChI=1S/C19H30ClN3O2.HI/c1-21-18(23-15-19(7-4-8-19)9-11-24-2)22-10-12-25-14-16-5-3-6-17(20)13-16;/h3,5-6,13H,4,7-12,14-15H2,1-2H3,(H2,21,22,23);1H. The predicted molar refractivity (Wildman–Crippen MR) is 119 cm³/mol. The molecule has 0 saturated heterocycles. The first-order chi connectivity index (χ1) is 12.2. The van der Waals surface area contributed by atoms with Crippen LogP contribution in [0.2, 0.25) is 5.02 Å². The second-order valence-electron chi connectivity index (χ2n) is 6.63. The van der Waals surface area contributed by atoms with Crippen LogP contribution in [0.3, 0.4) is 0 Å². The van der Waals surface area contributed by atoms with Gasteiger partial charge in [0.15, 0.2) is 5.96 Å². The van der Waals surface area contributed by atoms with Crippen molar-refractivity contribution in [3.8, 4) is 0 Å². The Morgan fingerprint density at radius 3 is 2.69 bits per heavy atom. The van der Waals surface area contributed by atoms with Gasteiger partial charge in [-0.25, -0.2) is 0 Å². The van der Waals surface area contributed by atoms with E-state index in [1.165, 1.54) is 19.3 Å². The number of halogens is 2. The number of nitrogens with zero attached hydrogens (tertiary/aromatic N) is 1. The van der Waals surface area contributed by atoms with Crippen molar-refractivity contribution in [3.63, 3.8) is 0 Å². The van der Waals surface area contributed by atoms with Gasteiger partial charge in [-0.15, -0.1) is 24.0 Å². The Hall–Kier alpha value is -0.570. The largest absolute Gasteiger partial charge is 0.385 e. The minimum Gasteiger partial charge on any atom is -0.385 e. The van der Waals surface area contributed by atoms with Crippen LogP contribution in [0, 0.1) is 5.41 Å². The molecule has 0 spiro atoms. The lowest BCUT2D eigenvalue weighted by molar-refractivity contribution is 0.0731. The third-order valence-corrected chi connectivity index (χ3v) is 5.04. The fourth-order valence-corrected chi connectivity index (χ4v) is 3.27. The molecule has 1 fully saturated rings. The van der Waals surface area contributed by atoms with Crippen molar-refractivity contribution in [2.75, 3.05) is 40.5 Å². The first kappa shape index (κ1) is 23.5. The molecule has 0 unspecified atom stereocenters. The van der Waals surface area contributed by atoms with Crippen molar-refractivity contribution in [1.29, 1.82) is 0 Å². The summed E-state index contributed by atoms with van der Waals surface area (Å²) in [6.07, 6.45) is 4.96. The molecule has 0 amide bonds. The SMILES string of the molecule is CN=C(NCCOCc1cccc(Cl)c1)NCC1(CCOC)CCC1.I. The van der Waals surface area contributed by atoms with Gasteiger partial charge in [-0.05, 0) is 42.4 Å². The molecule has 2 N–H and O–H groups in total. The molecule has 26 heavy (non-hydrogen) atoms. The molecule has 0 heterocycles. The quantitative estimate of drug-likeness (QED) is 0.224. The Morgan fingerprint density at radius 2 is 2.08 bits per heavy atom. The van der Waals surface area contributed by atoms with Gasteiger partial charge in [-0.1, -0.05) is 30.2 Å². The van der Waals surface area contributed by atoms with Gasteiger partial charge in [-0.3, -0.25) is 4.99 Å². The monoisotopic (exact) mass is 495 g/mol. The van der Waals surface area contributed by atoms with E-state index >= 15 is 0 Å². The Morgan fingerprint density at radius 1 is 1.27 bits per heavy atom. The molecule has 1 aliphatic rings. The number of benzene rings is 1. The molecule has 5 nitrogen and oxygen atoms in total. The summed E-state index contributed by atoms with van der Waals surface area (Å²) in [5, 5.41) is 7.49. The van der Waals surface area contributed by atoms with E-state index in [-0.39, 0.29) is 24.0 Å². The summed E-state index contributed by atoms with van der Waals surface area (Å²) in [6.45, 7) is 3.66. The highest BCUT2D eigenvalue weighted by molar-refractivity contribution is 14.0. The van der Waals surface area contributed by atoms with Crippen LogP contribution in [0.4, 0.5) is 0 Å². The van der Waals surface area contributed by atoms with Crippen molar-refractivity contribution in [2.24, 2.45) is 10.4 Å². The van der Waals surface area contributed by atoms with Crippen LogP contribution >= 0.6 is 35.6 Å². The summed E-state index contributed by atoms with van der Waals surface area (Å²) < 4.78 is 10.9. The zero-order valence-corrected chi connectivity index (χ0v) is 18.8. The van der Waals surface area contributed by atoms with Crippen LogP contribution in [0.5, 0.6) is 0 Å². The van der Waals surface area contributed by atoms with Crippen molar-refractivity contribution >= 4 is 41.5 Å². The zero-order valence-electron chi connectivity index (χ0n) is 15.7. The molecule has 0 bridgehead atoms. The number of rotatable bonds is 10. The maximum Gasteiger partial charge on any atom is 0.191 e. The van der Waals surface area contributed by atoms with Crippen LogP contribution in [0.15, 0.2) is 29.3 Å². The molecule has 1 saturated carbocycles. The third kappa shape index (κ3) is 7.98. The molecule has 0 radical (unpaired) electrons. The average Bonchev–Trinajstić information content (AvgIpc) is 2.58. The van der Waals surface area contributed by atoms with E-state index in [9.17, 15) is 0 Å². The van der Waals surface area contributed by atoms with E-state index in [4.69, 9.17) is 21.1 Å². The van der Waals surface area contributed by atoms with Crippen LogP contribution in [-0.2, 0) is 16.1 Å². The van der Waals surface area contributed by atoms with Crippen molar-refractivity contribution in [1.82, 2.24) is 10.6 Å². The Labute approximate surface area is 179 Å². The second-order valence-corrected chi connectivity index (χ2v) is 7.07. The molecule has 0 aliphatic heterocycles. The minimum atomic E-state index is 0. The van der Waals surface area contributed by atoms with Gasteiger partial charge < -0.3 is 20.1 Å². The fraction of sp³-hybridized carbons (Fsp3) is 0.632. The van der Waals surface area contributed by atoms with Gasteiger partial charge in [0.1, 0.15) is 0 Å². The highest BCUT2D eigenvalue weighted by Gasteiger charge is 2.36. The number of hydrogen-bond acceptors (Lipinski definition) is 3. The van der Waals surface area contributed by atoms with Crippen molar-refractivity contribution < 1.29 is 9.47 Å². The molecule has 1 aromatic carbocycles. The third-order valence-electron chi connectivity index (χ3n) is 4.80. The Balaban J connectivity index is 0.00000338. The van der Waals surface area contributed by atoms with Crippen molar-refractivity contribution in [2.45, 2.75) is 32.3 Å². The average molecular weight is 496 g/mol. The summed E-state index contributed by atoms with van der Waals surface area (Å²) in [5.74, 6) is 0.829. The number of methoxy groups -OCH3 is 1. The predicted octanol–water partition coefficient (Wildman–Crippen LogP) is 3.85. The lowest BCUT2D eigenvalue weighted by Crippen LogP contribution is -2.47. The van der Waals surface area contributed by atoms with E-state index in [0.29, 0.717) is 25.2 Å². The highest BCUT2D eigenvalue weighted by atomic mass is 127. The van der Waals surface area contributed by atoms with E-state index < -0.39 is 0 Å². The van der Waals surface area contributed by atoms with E-state index in [1.807, 2.05) is 24.3 Å². The second kappa shape index (κ2) is 12.8. The molecule has 0 atom stereocenters. The lowest BCUT2D eigenvalue weighted by atomic mass is 9.67. The summed E-state index contributed by atoms with van der Waals surface area (Å²) in [5.41, 5.74) is 1.46. The van der Waals surface area contributed by atoms with E-state index in [2.05, 4.69) is 15.6 Å². The molecular formula is C19H31ClIN3O2. The zero-order chi connectivity index (χ0) is 18.0. The van der Waals surface area contributed by atoms with Gasteiger partial charge >= 0.3 is 0 Å². The number of aliphatic imine (C=N–C) groups is 1. The number of ether oxygens (including phenoxy) is 2. The summed E-state index contributed by atoms with van der Waals surface area (Å²) >= 11 is 5.97. The number of hydrogen-bond donors (Lipinski definition) is 2. The van der Waals surface area contributed by atoms with Crippen molar-refractivity contribution in [3.05, 3.63) is 34.9 Å². The first-order valence-electron chi connectivity index (χ1n) is 8.93. The van der Waals surface area contributed by atoms with Crippen LogP contribution < -0.4 is 10.6 Å². The van der Waals surface area contributed by atoms with Gasteiger partial charge in [0.2, 0.25) is 0 Å². The summed E-state index contributed by atoms with van der Waals surface area (Å²) in [6, 6.07) is 7.74. The lowest BCUT2D eigenvalue weighted by Gasteiger charge is -2.42. The molecule has 7 heteroatoms. The van der Waals surface area contributed by atoms with Gasteiger partial charge in [-0.2, -0.15) is 0 Å². The van der Waals surface area contributed by atoms with Gasteiger partial charge in [0, 0.05) is 38.9 Å². The topological polar surface area (TPSA) is 54.9 Å². The smallest absolute Gasteiger partial charge is 0.191 e. The molecule has 0 aromatic heterocycles. The number of guanidine groups is 1. The minimum absolute atomic E-state index is 0. The molecule has 2 rings (SSSR count). The normalized spacial score (nSPS) is 15.7. The first-order valence-corrected chi connectivity index (χ1v) is 9.31. The summed E-state index contributed by atoms with van der Waals surface area (Å²) in [4.78, 5) is 4.29. The molecule has 1 aromatic rings. The maximum absolute atomic E-state index is 5.97. The van der Waals surface area contributed by atoms with Crippen LogP contribution in [-0.4, -0.2) is 46.4 Å². The van der Waals surface area contributed by atoms with E-state index in [1.54, 1.807) is 14.2 Å². The van der Waals surface area contributed by atoms with Gasteiger partial charge in [0.25, 0.3) is 0 Å².